The van der Waals surface area contributed by atoms with Gasteiger partial charge in [0, 0.05) is 38.9 Å². The van der Waals surface area contributed by atoms with Crippen LogP contribution in [0.3, 0.4) is 0 Å². The lowest BCUT2D eigenvalue weighted by molar-refractivity contribution is 0.199. The van der Waals surface area contributed by atoms with E-state index in [4.69, 9.17) is 0 Å². The molecule has 1 fully saturated rings. The summed E-state index contributed by atoms with van der Waals surface area (Å²) in [6, 6.07) is 7.55. The van der Waals surface area contributed by atoms with E-state index in [1.54, 1.807) is 18.3 Å². The van der Waals surface area contributed by atoms with Gasteiger partial charge in [0.2, 0.25) is 0 Å². The maximum Gasteiger partial charge on any atom is 0.154 e. The summed E-state index contributed by atoms with van der Waals surface area (Å²) in [4.78, 5) is 4.75. The van der Waals surface area contributed by atoms with Crippen molar-refractivity contribution in [2.75, 3.05) is 25.0 Å². The molecule has 164 valence electrons. The molecule has 4 rings (SSSR count). The molecule has 0 amide bonds. The number of aromatic nitrogens is 4. The molecule has 31 heavy (non-hydrogen) atoms. The quantitative estimate of drug-likeness (QED) is 0.621. The van der Waals surface area contributed by atoms with Crippen LogP contribution >= 0.6 is 0 Å². The Bertz CT molecular complexity index is 1070. The maximum absolute atomic E-state index is 13.4. The zero-order valence-corrected chi connectivity index (χ0v) is 19.1. The van der Waals surface area contributed by atoms with Crippen LogP contribution in [0.25, 0.3) is 11.4 Å². The number of anilines is 1. The van der Waals surface area contributed by atoms with E-state index >= 15 is 0 Å². The number of piperidine rings is 1. The summed E-state index contributed by atoms with van der Waals surface area (Å²) < 4.78 is 15.2. The first-order valence-electron chi connectivity index (χ1n) is 10.9. The monoisotopic (exact) mass is 422 g/mol. The van der Waals surface area contributed by atoms with Crippen LogP contribution in [0.5, 0.6) is 0 Å². The Morgan fingerprint density at radius 1 is 1.06 bits per heavy atom. The van der Waals surface area contributed by atoms with Crippen molar-refractivity contribution >= 4 is 5.82 Å². The van der Waals surface area contributed by atoms with Crippen molar-refractivity contribution in [3.8, 4) is 11.4 Å². The second-order valence-corrected chi connectivity index (χ2v) is 8.67. The van der Waals surface area contributed by atoms with E-state index in [0.717, 1.165) is 60.8 Å². The average molecular weight is 423 g/mol. The standard InChI is InChI=1S/C24H31FN6/c1-16-14-20(25)7-6-19(16)15-29(4)21-9-12-31(13-10-21)24-18(3)17(2)23(27-28-24)22-8-11-26-30(22)5/h6-8,11,14,21H,9-10,12-13,15H2,1-5H3. The third-order valence-corrected chi connectivity index (χ3v) is 6.67. The highest BCUT2D eigenvalue weighted by Gasteiger charge is 2.26. The van der Waals surface area contributed by atoms with Gasteiger partial charge in [0.1, 0.15) is 11.5 Å². The molecule has 6 nitrogen and oxygen atoms in total. The first kappa shape index (κ1) is 21.4. The molecule has 0 atom stereocenters. The van der Waals surface area contributed by atoms with Crippen LogP contribution in [0, 0.1) is 26.6 Å². The van der Waals surface area contributed by atoms with Gasteiger partial charge in [-0.25, -0.2) is 4.39 Å². The van der Waals surface area contributed by atoms with E-state index < -0.39 is 0 Å². The lowest BCUT2D eigenvalue weighted by atomic mass is 10.0. The van der Waals surface area contributed by atoms with Gasteiger partial charge >= 0.3 is 0 Å². The number of nitrogens with zero attached hydrogens (tertiary/aromatic N) is 6. The summed E-state index contributed by atoms with van der Waals surface area (Å²) >= 11 is 0. The molecule has 1 aliphatic rings. The van der Waals surface area contributed by atoms with Crippen LogP contribution in [-0.4, -0.2) is 51.1 Å². The zero-order valence-electron chi connectivity index (χ0n) is 19.1. The molecule has 1 aliphatic heterocycles. The SMILES string of the molecule is Cc1cc(F)ccc1CN(C)C1CCN(c2nnc(-c3ccnn3C)c(C)c2C)CC1. The average Bonchev–Trinajstić information content (AvgIpc) is 3.18. The Morgan fingerprint density at radius 3 is 2.45 bits per heavy atom. The summed E-state index contributed by atoms with van der Waals surface area (Å²) in [7, 11) is 4.09. The highest BCUT2D eigenvalue weighted by molar-refractivity contribution is 5.64. The van der Waals surface area contributed by atoms with Crippen molar-refractivity contribution in [3.05, 3.63) is 58.5 Å². The van der Waals surface area contributed by atoms with E-state index in [1.165, 1.54) is 11.1 Å². The zero-order chi connectivity index (χ0) is 22.1. The van der Waals surface area contributed by atoms with E-state index in [-0.39, 0.29) is 5.82 Å². The third-order valence-electron chi connectivity index (χ3n) is 6.67. The summed E-state index contributed by atoms with van der Waals surface area (Å²) in [6.45, 7) is 8.98. The van der Waals surface area contributed by atoms with Crippen molar-refractivity contribution in [1.29, 1.82) is 0 Å². The molecule has 2 aromatic heterocycles. The van der Waals surface area contributed by atoms with Crippen LogP contribution in [0.15, 0.2) is 30.5 Å². The molecule has 0 radical (unpaired) electrons. The van der Waals surface area contributed by atoms with Gasteiger partial charge in [0.25, 0.3) is 0 Å². The van der Waals surface area contributed by atoms with E-state index in [1.807, 2.05) is 30.8 Å². The van der Waals surface area contributed by atoms with E-state index in [9.17, 15) is 4.39 Å². The Labute approximate surface area is 183 Å². The number of hydrogen-bond acceptors (Lipinski definition) is 5. The van der Waals surface area contributed by atoms with Crippen LogP contribution < -0.4 is 4.90 Å². The third kappa shape index (κ3) is 4.32. The largest absolute Gasteiger partial charge is 0.355 e. The van der Waals surface area contributed by atoms with Crippen LogP contribution in [-0.2, 0) is 13.6 Å². The Balaban J connectivity index is 1.43. The van der Waals surface area contributed by atoms with Gasteiger partial charge in [-0.3, -0.25) is 9.58 Å². The molecular formula is C24H31FN6. The van der Waals surface area contributed by atoms with Gasteiger partial charge in [0.05, 0.1) is 5.69 Å². The van der Waals surface area contributed by atoms with Crippen LogP contribution in [0.2, 0.25) is 0 Å². The van der Waals surface area contributed by atoms with E-state index in [0.29, 0.717) is 6.04 Å². The lowest BCUT2D eigenvalue weighted by Crippen LogP contribution is -2.43. The topological polar surface area (TPSA) is 50.1 Å². The lowest BCUT2D eigenvalue weighted by Gasteiger charge is -2.38. The van der Waals surface area contributed by atoms with E-state index in [2.05, 4.69) is 46.0 Å². The first-order chi connectivity index (χ1) is 14.8. The fraction of sp³-hybridized carbons (Fsp3) is 0.458. The smallest absolute Gasteiger partial charge is 0.154 e. The Morgan fingerprint density at radius 2 is 1.81 bits per heavy atom. The summed E-state index contributed by atoms with van der Waals surface area (Å²) in [5.74, 6) is 0.817. The van der Waals surface area contributed by atoms with Gasteiger partial charge in [-0.2, -0.15) is 5.10 Å². The van der Waals surface area contributed by atoms with Crippen molar-refractivity contribution in [1.82, 2.24) is 24.9 Å². The summed E-state index contributed by atoms with van der Waals surface area (Å²) in [6.07, 6.45) is 3.93. The molecule has 0 aliphatic carbocycles. The van der Waals surface area contributed by atoms with Gasteiger partial charge in [-0.05, 0) is 81.1 Å². The molecular weight excluding hydrogens is 391 g/mol. The summed E-state index contributed by atoms with van der Waals surface area (Å²) in [5.41, 5.74) is 6.41. The molecule has 3 heterocycles. The molecule has 3 aromatic rings. The molecule has 0 saturated carbocycles. The second kappa shape index (κ2) is 8.75. The highest BCUT2D eigenvalue weighted by Crippen LogP contribution is 2.29. The molecule has 0 unspecified atom stereocenters. The predicted molar refractivity (Wildman–Crippen MR) is 122 cm³/mol. The molecule has 1 aromatic carbocycles. The molecule has 0 N–H and O–H groups in total. The predicted octanol–water partition coefficient (Wildman–Crippen LogP) is 4.04. The van der Waals surface area contributed by atoms with Crippen molar-refractivity contribution in [2.45, 2.75) is 46.2 Å². The van der Waals surface area contributed by atoms with Gasteiger partial charge in [-0.1, -0.05) is 6.07 Å². The number of halogens is 1. The number of aryl methyl sites for hydroxylation is 2. The minimum Gasteiger partial charge on any atom is -0.355 e. The number of benzene rings is 1. The number of hydrogen-bond donors (Lipinski definition) is 0. The molecule has 7 heteroatoms. The first-order valence-corrected chi connectivity index (χ1v) is 10.9. The molecule has 0 spiro atoms. The highest BCUT2D eigenvalue weighted by atomic mass is 19.1. The van der Waals surface area contributed by atoms with Gasteiger partial charge in [0.15, 0.2) is 5.82 Å². The minimum absolute atomic E-state index is 0.168. The van der Waals surface area contributed by atoms with Crippen LogP contribution in [0.4, 0.5) is 10.2 Å². The minimum atomic E-state index is -0.168. The number of rotatable bonds is 5. The van der Waals surface area contributed by atoms with Gasteiger partial charge < -0.3 is 4.90 Å². The normalized spacial score (nSPS) is 15.1. The molecule has 0 bridgehead atoms. The summed E-state index contributed by atoms with van der Waals surface area (Å²) in [5, 5.41) is 13.4. The van der Waals surface area contributed by atoms with Crippen molar-refractivity contribution in [2.24, 2.45) is 7.05 Å². The maximum atomic E-state index is 13.4. The fourth-order valence-corrected chi connectivity index (χ4v) is 4.50. The van der Waals surface area contributed by atoms with Gasteiger partial charge in [-0.15, -0.1) is 10.2 Å². The molecule has 1 saturated heterocycles. The van der Waals surface area contributed by atoms with Crippen molar-refractivity contribution < 1.29 is 4.39 Å². The van der Waals surface area contributed by atoms with Crippen molar-refractivity contribution in [3.63, 3.8) is 0 Å². The van der Waals surface area contributed by atoms with Crippen LogP contribution in [0.1, 0.15) is 35.1 Å². The fourth-order valence-electron chi connectivity index (χ4n) is 4.50. The second-order valence-electron chi connectivity index (χ2n) is 8.67. The Kier molecular flexibility index (Phi) is 6.05. The Hall–Kier alpha value is -2.80.